The number of carbonyl (C=O) groups is 1. The first kappa shape index (κ1) is 25.6. The lowest BCUT2D eigenvalue weighted by Crippen LogP contribution is -2.70. The van der Waals surface area contributed by atoms with Crippen LogP contribution >= 0.6 is 0 Å². The molecule has 10 unspecified atom stereocenters. The molecule has 0 spiro atoms. The van der Waals surface area contributed by atoms with Crippen molar-refractivity contribution in [2.75, 3.05) is 6.61 Å². The first-order valence-corrected chi connectivity index (χ1v) is 13.6. The number of allylic oxidation sites excluding steroid dienone is 3. The third-order valence-corrected chi connectivity index (χ3v) is 12.5. The third-order valence-electron chi connectivity index (χ3n) is 12.5. The largest absolute Gasteiger partial charge is 0.396 e. The molecule has 5 rings (SSSR count). The van der Waals surface area contributed by atoms with E-state index in [1.165, 1.54) is 0 Å². The van der Waals surface area contributed by atoms with E-state index in [1.54, 1.807) is 0 Å². The van der Waals surface area contributed by atoms with Gasteiger partial charge in [0.25, 0.3) is 0 Å². The van der Waals surface area contributed by atoms with Gasteiger partial charge in [-0.15, -0.1) is 0 Å². The molecule has 196 valence electrons. The van der Waals surface area contributed by atoms with E-state index < -0.39 is 40.0 Å². The van der Waals surface area contributed by atoms with Gasteiger partial charge in [0.15, 0.2) is 0 Å². The van der Waals surface area contributed by atoms with Crippen LogP contribution in [0.4, 0.5) is 0 Å². The lowest BCUT2D eigenvalue weighted by Gasteiger charge is -2.71. The van der Waals surface area contributed by atoms with E-state index >= 15 is 0 Å². The summed E-state index contributed by atoms with van der Waals surface area (Å²) in [6.45, 7) is 14.7. The fourth-order valence-electron chi connectivity index (χ4n) is 9.88. The number of fused-ring (bicyclic) bond motifs is 6. The topological polar surface area (TPSA) is 98.0 Å². The maximum Gasteiger partial charge on any atom is 0.143 e. The van der Waals surface area contributed by atoms with Crippen LogP contribution in [0.25, 0.3) is 0 Å². The van der Waals surface area contributed by atoms with E-state index in [4.69, 9.17) is 0 Å². The van der Waals surface area contributed by atoms with Crippen molar-refractivity contribution < 1.29 is 25.2 Å². The maximum atomic E-state index is 13.4. The molecule has 0 bridgehead atoms. The van der Waals surface area contributed by atoms with Crippen LogP contribution in [0.2, 0.25) is 0 Å². The van der Waals surface area contributed by atoms with Gasteiger partial charge < -0.3 is 20.4 Å². The second kappa shape index (κ2) is 7.30. The molecule has 35 heavy (non-hydrogen) atoms. The van der Waals surface area contributed by atoms with Crippen LogP contribution in [-0.2, 0) is 4.79 Å². The van der Waals surface area contributed by atoms with E-state index in [9.17, 15) is 25.2 Å². The molecule has 0 aromatic carbocycles. The first-order chi connectivity index (χ1) is 16.0. The molecule has 5 heteroatoms. The van der Waals surface area contributed by atoms with Crippen LogP contribution in [-0.4, -0.2) is 51.1 Å². The summed E-state index contributed by atoms with van der Waals surface area (Å²) in [5, 5.41) is 45.2. The molecule has 0 aliphatic heterocycles. The number of aliphatic hydroxyl groups excluding tert-OH is 4. The van der Waals surface area contributed by atoms with Gasteiger partial charge in [-0.25, -0.2) is 0 Å². The molecule has 0 aromatic rings. The summed E-state index contributed by atoms with van der Waals surface area (Å²) in [6.07, 6.45) is 6.03. The van der Waals surface area contributed by atoms with Crippen LogP contribution in [0.3, 0.4) is 0 Å². The van der Waals surface area contributed by atoms with Gasteiger partial charge in [-0.3, -0.25) is 4.79 Å². The standard InChI is InChI=1S/C30H46O5/c1-25(2)13-18-17-8-9-19-26(3)11-10-21(32)28(5,16-31)20(26)12-22(33)30(19,7)29(17,6)24(35)15-27(18,4)23(34)14-25/h8-9,19-22,24,31-33,35H,10-16H2,1-7H3. The van der Waals surface area contributed by atoms with E-state index in [1.807, 2.05) is 13.8 Å². The Balaban J connectivity index is 1.73. The van der Waals surface area contributed by atoms with Crippen LogP contribution in [0.15, 0.2) is 23.3 Å². The van der Waals surface area contributed by atoms with E-state index in [0.29, 0.717) is 25.7 Å². The molecule has 0 radical (unpaired) electrons. The van der Waals surface area contributed by atoms with Crippen molar-refractivity contribution in [2.24, 2.45) is 44.3 Å². The summed E-state index contributed by atoms with van der Waals surface area (Å²) in [5.74, 6) is 0.150. The zero-order valence-electron chi connectivity index (χ0n) is 22.7. The van der Waals surface area contributed by atoms with Crippen molar-refractivity contribution >= 4 is 5.78 Å². The smallest absolute Gasteiger partial charge is 0.143 e. The van der Waals surface area contributed by atoms with Crippen molar-refractivity contribution in [3.05, 3.63) is 23.3 Å². The summed E-state index contributed by atoms with van der Waals surface area (Å²) < 4.78 is 0. The molecule has 3 saturated carbocycles. The molecule has 4 N–H and O–H groups in total. The van der Waals surface area contributed by atoms with Gasteiger partial charge >= 0.3 is 0 Å². The summed E-state index contributed by atoms with van der Waals surface area (Å²) in [4.78, 5) is 13.4. The van der Waals surface area contributed by atoms with Gasteiger partial charge in [0, 0.05) is 22.7 Å². The lowest BCUT2D eigenvalue weighted by atomic mass is 9.34. The number of carbonyl (C=O) groups excluding carboxylic acids is 1. The van der Waals surface area contributed by atoms with Gasteiger partial charge in [-0.1, -0.05) is 59.3 Å². The van der Waals surface area contributed by atoms with E-state index in [2.05, 4.69) is 46.8 Å². The van der Waals surface area contributed by atoms with Crippen LogP contribution in [0.1, 0.15) is 87.0 Å². The Morgan fingerprint density at radius 1 is 0.943 bits per heavy atom. The van der Waals surface area contributed by atoms with Crippen LogP contribution in [0, 0.1) is 44.3 Å². The quantitative estimate of drug-likeness (QED) is 0.446. The molecule has 5 aliphatic carbocycles. The summed E-state index contributed by atoms with van der Waals surface area (Å²) in [5.41, 5.74) is -0.823. The van der Waals surface area contributed by atoms with Gasteiger partial charge in [0.1, 0.15) is 5.78 Å². The number of ketones is 1. The highest BCUT2D eigenvalue weighted by atomic mass is 16.3. The number of Topliss-reactive ketones (excluding diaryl/α,β-unsaturated/α-hetero) is 1. The molecule has 5 aliphatic rings. The second-order valence-corrected chi connectivity index (χ2v) is 14.7. The van der Waals surface area contributed by atoms with Crippen LogP contribution < -0.4 is 0 Å². The number of aliphatic hydroxyl groups is 4. The van der Waals surface area contributed by atoms with Gasteiger partial charge in [0.05, 0.1) is 30.3 Å². The highest BCUT2D eigenvalue weighted by Crippen LogP contribution is 2.73. The third kappa shape index (κ3) is 2.87. The minimum Gasteiger partial charge on any atom is -0.396 e. The van der Waals surface area contributed by atoms with E-state index in [-0.39, 0.29) is 35.1 Å². The molecule has 0 saturated heterocycles. The molecule has 10 atom stereocenters. The molecule has 0 amide bonds. The average molecular weight is 487 g/mol. The zero-order valence-corrected chi connectivity index (χ0v) is 22.7. The molecule has 3 fully saturated rings. The Kier molecular flexibility index (Phi) is 5.35. The minimum atomic E-state index is -0.748. The number of rotatable bonds is 1. The Morgan fingerprint density at radius 3 is 2.23 bits per heavy atom. The Hall–Kier alpha value is -1.01. The van der Waals surface area contributed by atoms with Crippen molar-refractivity contribution in [3.63, 3.8) is 0 Å². The van der Waals surface area contributed by atoms with Gasteiger partial charge in [0.2, 0.25) is 0 Å². The molecule has 0 aromatic heterocycles. The predicted octanol–water partition coefficient (Wildman–Crippen LogP) is 4.18. The Bertz CT molecular complexity index is 1010. The maximum absolute atomic E-state index is 13.4. The first-order valence-electron chi connectivity index (χ1n) is 13.6. The average Bonchev–Trinajstić information content (AvgIpc) is 2.76. The van der Waals surface area contributed by atoms with Gasteiger partial charge in [-0.2, -0.15) is 0 Å². The molecule has 0 heterocycles. The summed E-state index contributed by atoms with van der Waals surface area (Å²) in [6, 6.07) is 0. The van der Waals surface area contributed by atoms with Crippen molar-refractivity contribution in [2.45, 2.75) is 105 Å². The number of hydrogen-bond donors (Lipinski definition) is 4. The fraction of sp³-hybridized carbons (Fsp3) is 0.833. The van der Waals surface area contributed by atoms with Crippen LogP contribution in [0.5, 0.6) is 0 Å². The van der Waals surface area contributed by atoms with Gasteiger partial charge in [-0.05, 0) is 67.3 Å². The summed E-state index contributed by atoms with van der Waals surface area (Å²) >= 11 is 0. The lowest BCUT2D eigenvalue weighted by molar-refractivity contribution is -0.247. The second-order valence-electron chi connectivity index (χ2n) is 14.7. The molecule has 5 nitrogen and oxygen atoms in total. The van der Waals surface area contributed by atoms with Crippen molar-refractivity contribution in [3.8, 4) is 0 Å². The summed E-state index contributed by atoms with van der Waals surface area (Å²) in [7, 11) is 0. The van der Waals surface area contributed by atoms with Crippen molar-refractivity contribution in [1.82, 2.24) is 0 Å². The monoisotopic (exact) mass is 486 g/mol. The Labute approximate surface area is 210 Å². The highest BCUT2D eigenvalue weighted by molar-refractivity contribution is 5.90. The normalized spacial score (nSPS) is 55.1. The molecular formula is C30H46O5. The zero-order chi connectivity index (χ0) is 26.0. The van der Waals surface area contributed by atoms with Crippen molar-refractivity contribution in [1.29, 1.82) is 0 Å². The highest BCUT2D eigenvalue weighted by Gasteiger charge is 2.72. The van der Waals surface area contributed by atoms with E-state index in [0.717, 1.165) is 24.0 Å². The SMILES string of the molecule is CC1(C)CC(=O)C2(C)CC(O)C3(C)C(=C2C1)C=CC1C2(C)CCC(O)C(C)(CO)C2CC(O)C13C. The number of hydrogen-bond acceptors (Lipinski definition) is 5. The predicted molar refractivity (Wildman–Crippen MR) is 135 cm³/mol. The molecular weight excluding hydrogens is 440 g/mol. The Morgan fingerprint density at radius 2 is 1.60 bits per heavy atom. The minimum absolute atomic E-state index is 0.0252. The fourth-order valence-corrected chi connectivity index (χ4v) is 9.88.